The lowest BCUT2D eigenvalue weighted by atomic mass is 10.0. The molecule has 0 spiro atoms. The number of rotatable bonds is 1. The standard InChI is InChI=1S/C14H16F3NO2/c15-14(16,17)13-8-18(5-6-19-13)11-7-10-3-1-2-4-12(10)20-9-11/h1-4,11,13H,5-9H2. The Kier molecular flexibility index (Phi) is 3.60. The van der Waals surface area contributed by atoms with Crippen molar-refractivity contribution in [3.05, 3.63) is 29.8 Å². The summed E-state index contributed by atoms with van der Waals surface area (Å²) >= 11 is 0. The maximum Gasteiger partial charge on any atom is 0.415 e. The van der Waals surface area contributed by atoms with Crippen LogP contribution in [0.15, 0.2) is 24.3 Å². The van der Waals surface area contributed by atoms with Crippen LogP contribution in [0.1, 0.15) is 5.56 Å². The number of benzene rings is 1. The molecule has 0 saturated carbocycles. The SMILES string of the molecule is FC(F)(F)C1CN(C2COc3ccccc3C2)CCO1. The van der Waals surface area contributed by atoms with E-state index in [1.165, 1.54) is 0 Å². The van der Waals surface area contributed by atoms with Crippen LogP contribution in [0.2, 0.25) is 0 Å². The zero-order valence-corrected chi connectivity index (χ0v) is 10.9. The topological polar surface area (TPSA) is 21.7 Å². The van der Waals surface area contributed by atoms with Crippen molar-refractivity contribution < 1.29 is 22.6 Å². The summed E-state index contributed by atoms with van der Waals surface area (Å²) < 4.78 is 48.7. The molecular weight excluding hydrogens is 271 g/mol. The molecule has 2 aliphatic rings. The van der Waals surface area contributed by atoms with Gasteiger partial charge >= 0.3 is 6.18 Å². The van der Waals surface area contributed by atoms with Crippen LogP contribution in [0.25, 0.3) is 0 Å². The summed E-state index contributed by atoms with van der Waals surface area (Å²) in [6.07, 6.45) is -5.26. The molecule has 3 nitrogen and oxygen atoms in total. The minimum Gasteiger partial charge on any atom is -0.492 e. The van der Waals surface area contributed by atoms with Crippen LogP contribution >= 0.6 is 0 Å². The lowest BCUT2D eigenvalue weighted by Gasteiger charge is -2.40. The van der Waals surface area contributed by atoms with Crippen LogP contribution in [0.5, 0.6) is 5.75 Å². The van der Waals surface area contributed by atoms with Crippen molar-refractivity contribution in [1.29, 1.82) is 0 Å². The number of hydrogen-bond acceptors (Lipinski definition) is 3. The highest BCUT2D eigenvalue weighted by molar-refractivity contribution is 5.35. The molecule has 1 fully saturated rings. The molecule has 2 atom stereocenters. The molecule has 1 saturated heterocycles. The van der Waals surface area contributed by atoms with E-state index in [2.05, 4.69) is 0 Å². The van der Waals surface area contributed by atoms with Gasteiger partial charge in [-0.1, -0.05) is 18.2 Å². The quantitative estimate of drug-likeness (QED) is 0.791. The van der Waals surface area contributed by atoms with E-state index in [9.17, 15) is 13.2 Å². The van der Waals surface area contributed by atoms with E-state index < -0.39 is 12.3 Å². The Balaban J connectivity index is 1.69. The first-order valence-corrected chi connectivity index (χ1v) is 6.67. The van der Waals surface area contributed by atoms with Crippen LogP contribution in [0.4, 0.5) is 13.2 Å². The molecule has 0 N–H and O–H groups in total. The van der Waals surface area contributed by atoms with Crippen LogP contribution in [0, 0.1) is 0 Å². The van der Waals surface area contributed by atoms with Crippen LogP contribution in [-0.4, -0.2) is 49.5 Å². The zero-order chi connectivity index (χ0) is 14.2. The molecule has 2 heterocycles. The second kappa shape index (κ2) is 5.26. The average Bonchev–Trinajstić information content (AvgIpc) is 2.46. The van der Waals surface area contributed by atoms with Gasteiger partial charge in [-0.3, -0.25) is 4.90 Å². The normalized spacial score (nSPS) is 27.8. The fourth-order valence-corrected chi connectivity index (χ4v) is 2.75. The Hall–Kier alpha value is -1.27. The second-order valence-electron chi connectivity index (χ2n) is 5.17. The molecule has 0 radical (unpaired) electrons. The number of ether oxygens (including phenoxy) is 2. The largest absolute Gasteiger partial charge is 0.492 e. The Bertz CT molecular complexity index is 478. The Morgan fingerprint density at radius 1 is 1.20 bits per heavy atom. The van der Waals surface area contributed by atoms with E-state index in [0.29, 0.717) is 13.2 Å². The molecule has 1 aromatic rings. The van der Waals surface area contributed by atoms with Crippen LogP contribution in [-0.2, 0) is 11.2 Å². The first kappa shape index (κ1) is 13.7. The maximum absolute atomic E-state index is 12.7. The average molecular weight is 287 g/mol. The summed E-state index contributed by atoms with van der Waals surface area (Å²) in [4.78, 5) is 1.83. The molecule has 0 bridgehead atoms. The third-order valence-corrected chi connectivity index (χ3v) is 3.84. The number of nitrogens with zero attached hydrogens (tertiary/aromatic N) is 1. The van der Waals surface area contributed by atoms with E-state index in [-0.39, 0.29) is 19.2 Å². The van der Waals surface area contributed by atoms with Gasteiger partial charge < -0.3 is 9.47 Å². The zero-order valence-electron chi connectivity index (χ0n) is 10.9. The first-order valence-electron chi connectivity index (χ1n) is 6.67. The van der Waals surface area contributed by atoms with E-state index in [0.717, 1.165) is 17.7 Å². The lowest BCUT2D eigenvalue weighted by Crippen LogP contribution is -2.55. The summed E-state index contributed by atoms with van der Waals surface area (Å²) in [5, 5.41) is 0. The smallest absolute Gasteiger partial charge is 0.415 e. The number of alkyl halides is 3. The number of para-hydroxylation sites is 1. The molecule has 1 aromatic carbocycles. The van der Waals surface area contributed by atoms with Gasteiger partial charge in [-0.05, 0) is 18.1 Å². The predicted octanol–water partition coefficient (Wildman–Crippen LogP) is 2.25. The second-order valence-corrected chi connectivity index (χ2v) is 5.17. The Morgan fingerprint density at radius 3 is 2.80 bits per heavy atom. The van der Waals surface area contributed by atoms with Gasteiger partial charge in [0, 0.05) is 19.1 Å². The number of halogens is 3. The molecular formula is C14H16F3NO2. The van der Waals surface area contributed by atoms with Crippen molar-refractivity contribution in [3.63, 3.8) is 0 Å². The van der Waals surface area contributed by atoms with Crippen molar-refractivity contribution in [3.8, 4) is 5.75 Å². The monoisotopic (exact) mass is 287 g/mol. The molecule has 2 unspecified atom stereocenters. The van der Waals surface area contributed by atoms with Gasteiger partial charge in [0.15, 0.2) is 6.10 Å². The van der Waals surface area contributed by atoms with Crippen molar-refractivity contribution >= 4 is 0 Å². The third kappa shape index (κ3) is 2.76. The summed E-state index contributed by atoms with van der Waals surface area (Å²) in [5.74, 6) is 0.837. The molecule has 0 amide bonds. The van der Waals surface area contributed by atoms with Gasteiger partial charge in [-0.15, -0.1) is 0 Å². The molecule has 0 aliphatic carbocycles. The summed E-state index contributed by atoms with van der Waals surface area (Å²) in [7, 11) is 0. The van der Waals surface area contributed by atoms with Gasteiger partial charge in [0.25, 0.3) is 0 Å². The van der Waals surface area contributed by atoms with Crippen LogP contribution in [0.3, 0.4) is 0 Å². The van der Waals surface area contributed by atoms with Crippen molar-refractivity contribution in [2.75, 3.05) is 26.3 Å². The number of hydrogen-bond donors (Lipinski definition) is 0. The highest BCUT2D eigenvalue weighted by atomic mass is 19.4. The predicted molar refractivity (Wildman–Crippen MR) is 66.8 cm³/mol. The minimum atomic E-state index is -4.30. The fraction of sp³-hybridized carbons (Fsp3) is 0.571. The maximum atomic E-state index is 12.7. The highest BCUT2D eigenvalue weighted by Gasteiger charge is 2.44. The van der Waals surface area contributed by atoms with Gasteiger partial charge in [0.2, 0.25) is 0 Å². The van der Waals surface area contributed by atoms with E-state index in [1.54, 1.807) is 0 Å². The van der Waals surface area contributed by atoms with Gasteiger partial charge in [-0.25, -0.2) is 0 Å². The van der Waals surface area contributed by atoms with Crippen LogP contribution < -0.4 is 4.74 Å². The van der Waals surface area contributed by atoms with E-state index in [4.69, 9.17) is 9.47 Å². The van der Waals surface area contributed by atoms with Gasteiger partial charge in [0.1, 0.15) is 12.4 Å². The van der Waals surface area contributed by atoms with Crippen molar-refractivity contribution in [2.45, 2.75) is 24.7 Å². The highest BCUT2D eigenvalue weighted by Crippen LogP contribution is 2.30. The van der Waals surface area contributed by atoms with Crippen molar-refractivity contribution in [2.24, 2.45) is 0 Å². The molecule has 2 aliphatic heterocycles. The van der Waals surface area contributed by atoms with E-state index in [1.807, 2.05) is 29.2 Å². The third-order valence-electron chi connectivity index (χ3n) is 3.84. The summed E-state index contributed by atoms with van der Waals surface area (Å²) in [5.41, 5.74) is 1.05. The molecule has 6 heteroatoms. The first-order chi connectivity index (χ1) is 9.54. The fourth-order valence-electron chi connectivity index (χ4n) is 2.75. The number of fused-ring (bicyclic) bond motifs is 1. The molecule has 110 valence electrons. The number of morpholine rings is 1. The van der Waals surface area contributed by atoms with E-state index >= 15 is 0 Å². The van der Waals surface area contributed by atoms with Crippen molar-refractivity contribution in [1.82, 2.24) is 4.90 Å². The molecule has 20 heavy (non-hydrogen) atoms. The Labute approximate surface area is 115 Å². The lowest BCUT2D eigenvalue weighted by molar-refractivity contribution is -0.240. The summed E-state index contributed by atoms with van der Waals surface area (Å²) in [6.45, 7) is 0.951. The Morgan fingerprint density at radius 2 is 2.00 bits per heavy atom. The minimum absolute atomic E-state index is 0.0151. The van der Waals surface area contributed by atoms with Gasteiger partial charge in [0.05, 0.1) is 6.61 Å². The van der Waals surface area contributed by atoms with Gasteiger partial charge in [-0.2, -0.15) is 13.2 Å². The molecule has 3 rings (SSSR count). The molecule has 0 aromatic heterocycles. The summed E-state index contributed by atoms with van der Waals surface area (Å²) in [6, 6.07) is 7.65.